The van der Waals surface area contributed by atoms with Crippen LogP contribution in [0, 0.1) is 0 Å². The number of benzene rings is 3. The molecule has 184 valence electrons. The number of hydrogen-bond donors (Lipinski definition) is 1. The van der Waals surface area contributed by atoms with E-state index in [2.05, 4.69) is 43.4 Å². The summed E-state index contributed by atoms with van der Waals surface area (Å²) < 4.78 is 5.37. The zero-order chi connectivity index (χ0) is 25.2. The molecule has 3 aromatic rings. The van der Waals surface area contributed by atoms with Crippen molar-refractivity contribution in [1.29, 1.82) is 0 Å². The maximum Gasteiger partial charge on any atom is 0.242 e. The Morgan fingerprint density at radius 1 is 0.886 bits per heavy atom. The highest BCUT2D eigenvalue weighted by Gasteiger charge is 2.29. The van der Waals surface area contributed by atoms with Gasteiger partial charge in [0, 0.05) is 26.4 Å². The van der Waals surface area contributed by atoms with E-state index in [0.717, 1.165) is 22.4 Å². The van der Waals surface area contributed by atoms with Gasteiger partial charge in [-0.05, 0) is 46.7 Å². The van der Waals surface area contributed by atoms with Crippen molar-refractivity contribution in [3.8, 4) is 5.75 Å². The summed E-state index contributed by atoms with van der Waals surface area (Å²) in [6.07, 6.45) is 1.39. The van der Waals surface area contributed by atoms with E-state index in [4.69, 9.17) is 4.74 Å². The van der Waals surface area contributed by atoms with Crippen LogP contribution in [-0.4, -0.2) is 36.9 Å². The largest absolute Gasteiger partial charge is 0.497 e. The number of hydrogen-bond acceptors (Lipinski definition) is 3. The predicted octanol–water partition coefficient (Wildman–Crippen LogP) is 5.14. The lowest BCUT2D eigenvalue weighted by Gasteiger charge is -2.31. The molecular formula is C30H36N2O3. The van der Waals surface area contributed by atoms with Gasteiger partial charge in [-0.15, -0.1) is 0 Å². The number of nitrogens with one attached hydrogen (secondary N) is 1. The van der Waals surface area contributed by atoms with Crippen molar-refractivity contribution in [3.63, 3.8) is 0 Å². The Kier molecular flexibility index (Phi) is 9.47. The van der Waals surface area contributed by atoms with Crippen LogP contribution in [0.15, 0.2) is 78.9 Å². The first-order valence-corrected chi connectivity index (χ1v) is 12.2. The fourth-order valence-electron chi connectivity index (χ4n) is 4.15. The van der Waals surface area contributed by atoms with Crippen molar-refractivity contribution in [2.45, 2.75) is 51.6 Å². The van der Waals surface area contributed by atoms with Crippen LogP contribution >= 0.6 is 0 Å². The first-order chi connectivity index (χ1) is 16.9. The molecule has 1 N–H and O–H groups in total. The molecular weight excluding hydrogens is 436 g/mol. The zero-order valence-corrected chi connectivity index (χ0v) is 21.2. The summed E-state index contributed by atoms with van der Waals surface area (Å²) in [5.41, 5.74) is 4.32. The van der Waals surface area contributed by atoms with Gasteiger partial charge in [-0.3, -0.25) is 9.59 Å². The summed E-state index contributed by atoms with van der Waals surface area (Å²) in [7, 11) is 3.24. The minimum Gasteiger partial charge on any atom is -0.497 e. The van der Waals surface area contributed by atoms with E-state index in [0.29, 0.717) is 31.7 Å². The van der Waals surface area contributed by atoms with Gasteiger partial charge in [0.15, 0.2) is 0 Å². The lowest BCUT2D eigenvalue weighted by molar-refractivity contribution is -0.141. The number of rotatable bonds is 11. The van der Waals surface area contributed by atoms with Crippen LogP contribution in [0.25, 0.3) is 0 Å². The van der Waals surface area contributed by atoms with Gasteiger partial charge in [-0.1, -0.05) is 80.6 Å². The smallest absolute Gasteiger partial charge is 0.242 e. The number of aryl methyl sites for hydroxylation is 1. The van der Waals surface area contributed by atoms with E-state index in [9.17, 15) is 9.59 Å². The third-order valence-electron chi connectivity index (χ3n) is 6.28. The average Bonchev–Trinajstić information content (AvgIpc) is 2.89. The molecule has 5 heteroatoms. The van der Waals surface area contributed by atoms with Crippen LogP contribution in [-0.2, 0) is 29.0 Å². The minimum atomic E-state index is -0.621. The second-order valence-electron chi connectivity index (χ2n) is 9.09. The molecule has 3 rings (SSSR count). The Balaban J connectivity index is 1.85. The lowest BCUT2D eigenvalue weighted by Crippen LogP contribution is -2.49. The van der Waals surface area contributed by atoms with Gasteiger partial charge in [-0.2, -0.15) is 0 Å². The molecule has 0 unspecified atom stereocenters. The van der Waals surface area contributed by atoms with E-state index in [1.807, 2.05) is 54.6 Å². The van der Waals surface area contributed by atoms with Gasteiger partial charge >= 0.3 is 0 Å². The average molecular weight is 473 g/mol. The van der Waals surface area contributed by atoms with E-state index < -0.39 is 6.04 Å². The van der Waals surface area contributed by atoms with E-state index >= 15 is 0 Å². The molecule has 0 saturated heterocycles. The van der Waals surface area contributed by atoms with Gasteiger partial charge in [0.2, 0.25) is 11.8 Å². The van der Waals surface area contributed by atoms with Crippen LogP contribution in [0.5, 0.6) is 5.75 Å². The number of methoxy groups -OCH3 is 1. The van der Waals surface area contributed by atoms with Gasteiger partial charge in [0.1, 0.15) is 11.8 Å². The number of amides is 2. The molecule has 0 heterocycles. The Hall–Kier alpha value is -3.60. The van der Waals surface area contributed by atoms with Crippen LogP contribution in [0.3, 0.4) is 0 Å². The molecule has 0 fully saturated rings. The topological polar surface area (TPSA) is 58.6 Å². The fraction of sp³-hybridized carbons (Fsp3) is 0.333. The van der Waals surface area contributed by atoms with Gasteiger partial charge in [0.05, 0.1) is 7.11 Å². The summed E-state index contributed by atoms with van der Waals surface area (Å²) in [4.78, 5) is 28.4. The number of nitrogens with zero attached hydrogens (tertiary/aromatic N) is 1. The van der Waals surface area contributed by atoms with E-state index in [-0.39, 0.29) is 11.8 Å². The second kappa shape index (κ2) is 12.7. The van der Waals surface area contributed by atoms with E-state index in [1.54, 1.807) is 19.1 Å². The molecule has 0 aliphatic heterocycles. The molecule has 2 amide bonds. The van der Waals surface area contributed by atoms with Crippen molar-refractivity contribution in [3.05, 3.63) is 101 Å². The maximum absolute atomic E-state index is 13.6. The molecule has 0 spiro atoms. The molecule has 0 bridgehead atoms. The first kappa shape index (κ1) is 26.0. The standard InChI is InChI=1S/C30H36N2O3/c1-22(2)26-16-13-23(14-17-26)15-18-29(33)32(21-25-11-8-12-27(19-25)35-4)28(30(34)31-3)20-24-9-6-5-7-10-24/h5-14,16-17,19,22,28H,15,18,20-21H2,1-4H3,(H,31,34)/t28-/m0/s1. The number of ether oxygens (including phenoxy) is 1. The highest BCUT2D eigenvalue weighted by atomic mass is 16.5. The predicted molar refractivity (Wildman–Crippen MR) is 140 cm³/mol. The first-order valence-electron chi connectivity index (χ1n) is 12.2. The molecule has 5 nitrogen and oxygen atoms in total. The Bertz CT molecular complexity index is 1090. The Morgan fingerprint density at radius 3 is 2.20 bits per heavy atom. The highest BCUT2D eigenvalue weighted by Crippen LogP contribution is 2.20. The SMILES string of the molecule is CNC(=O)[C@H](Cc1ccccc1)N(Cc1cccc(OC)c1)C(=O)CCc1ccc(C(C)C)cc1. The third kappa shape index (κ3) is 7.44. The van der Waals surface area contributed by atoms with Gasteiger partial charge in [-0.25, -0.2) is 0 Å². The molecule has 35 heavy (non-hydrogen) atoms. The Morgan fingerprint density at radius 2 is 1.57 bits per heavy atom. The lowest BCUT2D eigenvalue weighted by atomic mass is 9.99. The van der Waals surface area contributed by atoms with E-state index in [1.165, 1.54) is 5.56 Å². The zero-order valence-electron chi connectivity index (χ0n) is 21.2. The van der Waals surface area contributed by atoms with Crippen molar-refractivity contribution < 1.29 is 14.3 Å². The maximum atomic E-state index is 13.6. The normalized spacial score (nSPS) is 11.7. The summed E-state index contributed by atoms with van der Waals surface area (Å²) in [5, 5.41) is 2.76. The number of carbonyl (C=O) groups is 2. The van der Waals surface area contributed by atoms with Crippen LogP contribution in [0.2, 0.25) is 0 Å². The van der Waals surface area contributed by atoms with Crippen LogP contribution < -0.4 is 10.1 Å². The quantitative estimate of drug-likeness (QED) is 0.421. The van der Waals surface area contributed by atoms with Gasteiger partial charge in [0.25, 0.3) is 0 Å². The number of likely N-dealkylation sites (N-methyl/N-ethyl adjacent to an activating group) is 1. The van der Waals surface area contributed by atoms with Crippen molar-refractivity contribution in [2.24, 2.45) is 0 Å². The summed E-state index contributed by atoms with van der Waals surface area (Å²) >= 11 is 0. The van der Waals surface area contributed by atoms with Crippen molar-refractivity contribution >= 4 is 11.8 Å². The summed E-state index contributed by atoms with van der Waals surface area (Å²) in [6, 6.07) is 25.3. The Labute approximate surface area is 209 Å². The highest BCUT2D eigenvalue weighted by molar-refractivity contribution is 5.88. The van der Waals surface area contributed by atoms with Gasteiger partial charge < -0.3 is 15.0 Å². The third-order valence-corrected chi connectivity index (χ3v) is 6.28. The van der Waals surface area contributed by atoms with Crippen molar-refractivity contribution in [2.75, 3.05) is 14.2 Å². The van der Waals surface area contributed by atoms with Crippen LogP contribution in [0.1, 0.15) is 48.4 Å². The molecule has 1 atom stereocenters. The van der Waals surface area contributed by atoms with Crippen molar-refractivity contribution in [1.82, 2.24) is 10.2 Å². The summed E-state index contributed by atoms with van der Waals surface area (Å²) in [5.74, 6) is 0.965. The monoisotopic (exact) mass is 472 g/mol. The summed E-state index contributed by atoms with van der Waals surface area (Å²) in [6.45, 7) is 4.66. The second-order valence-corrected chi connectivity index (χ2v) is 9.09. The molecule has 0 radical (unpaired) electrons. The fourth-order valence-corrected chi connectivity index (χ4v) is 4.15. The molecule has 0 aliphatic carbocycles. The molecule has 0 aromatic heterocycles. The minimum absolute atomic E-state index is 0.0507. The number of carbonyl (C=O) groups excluding carboxylic acids is 2. The molecule has 0 saturated carbocycles. The van der Waals surface area contributed by atoms with Crippen LogP contribution in [0.4, 0.5) is 0 Å². The molecule has 0 aliphatic rings. The molecule has 3 aromatic carbocycles.